The van der Waals surface area contributed by atoms with Gasteiger partial charge in [-0.2, -0.15) is 0 Å². The second-order valence-electron chi connectivity index (χ2n) is 3.02. The number of aliphatic hydroxyl groups is 3. The molecule has 0 bridgehead atoms. The Morgan fingerprint density at radius 3 is 1.19 bits per heavy atom. The molecule has 0 aromatic rings. The van der Waals surface area contributed by atoms with E-state index in [-0.39, 0.29) is 132 Å². The van der Waals surface area contributed by atoms with Gasteiger partial charge in [0.05, 0.1) is 12.2 Å². The van der Waals surface area contributed by atoms with E-state index in [4.69, 9.17) is 4.74 Å². The number of aliphatic hydroxyl groups excluding tert-OH is 3. The van der Waals surface area contributed by atoms with E-state index in [9.17, 15) is 15.3 Å². The molecule has 89 valence electrons. The van der Waals surface area contributed by atoms with Crippen LogP contribution in [0, 0.1) is 132 Å². The van der Waals surface area contributed by atoms with Crippen LogP contribution in [0.4, 0.5) is 0 Å². The van der Waals surface area contributed by atoms with Crippen LogP contribution in [0.5, 0.6) is 0 Å². The summed E-state index contributed by atoms with van der Waals surface area (Å²) in [6.45, 7) is 7.33. The molecular weight excluding hydrogens is 853 g/mol. The molecule has 0 saturated carbocycles. The van der Waals surface area contributed by atoms with E-state index < -0.39 is 30.5 Å². The van der Waals surface area contributed by atoms with Crippen LogP contribution in [0.1, 0.15) is 27.7 Å². The van der Waals surface area contributed by atoms with Gasteiger partial charge in [0.15, 0.2) is 0 Å². The molecule has 1 saturated heterocycles. The number of rotatable bonds is 0. The Morgan fingerprint density at radius 2 is 0.938 bits per heavy atom. The van der Waals surface area contributed by atoms with E-state index in [1.54, 1.807) is 13.8 Å². The molecule has 3 radical (unpaired) electrons. The van der Waals surface area contributed by atoms with Crippen LogP contribution in [-0.4, -0.2) is 45.8 Å². The molecule has 0 aliphatic carbocycles. The summed E-state index contributed by atoms with van der Waals surface area (Å²) in [7, 11) is 0. The van der Waals surface area contributed by atoms with Gasteiger partial charge in [-0.1, -0.05) is 13.8 Å². The minimum atomic E-state index is -1.09. The van der Waals surface area contributed by atoms with Gasteiger partial charge >= 0.3 is 0 Å². The molecule has 0 aromatic heterocycles. The zero-order valence-electron chi connectivity index (χ0n) is 10.4. The Kier molecular flexibility index (Phi) is 27.5. The van der Waals surface area contributed by atoms with Gasteiger partial charge in [0, 0.05) is 132 Å². The largest absolute Gasteiger partial charge is 0.388 e. The number of ether oxygens (including phenoxy) is 1. The van der Waals surface area contributed by atoms with Crippen molar-refractivity contribution >= 4 is 0 Å². The SMILES string of the molecule is CC.CC1O[C@@H](C)C(O)C(O)C1O.[Ac].[Ac].[Ac]. The van der Waals surface area contributed by atoms with Crippen LogP contribution in [0.25, 0.3) is 0 Å². The van der Waals surface area contributed by atoms with Crippen molar-refractivity contribution in [3.63, 3.8) is 0 Å². The van der Waals surface area contributed by atoms with Crippen LogP contribution < -0.4 is 0 Å². The average molecular weight is 873 g/mol. The first-order chi connectivity index (χ1) is 6.04. The maximum Gasteiger partial charge on any atom is 0.111 e. The second-order valence-corrected chi connectivity index (χ2v) is 3.02. The Balaban J connectivity index is -0.000000136. The summed E-state index contributed by atoms with van der Waals surface area (Å²) in [5, 5.41) is 27.6. The van der Waals surface area contributed by atoms with E-state index in [1.165, 1.54) is 0 Å². The normalized spacial score (nSPS) is 36.6. The molecule has 1 aliphatic rings. The second kappa shape index (κ2) is 15.6. The average Bonchev–Trinajstić information content (AvgIpc) is 2.15. The zero-order chi connectivity index (χ0) is 10.6. The van der Waals surface area contributed by atoms with Crippen LogP contribution in [0.3, 0.4) is 0 Å². The van der Waals surface area contributed by atoms with E-state index in [0.717, 1.165) is 0 Å². The summed E-state index contributed by atoms with van der Waals surface area (Å²) in [5.74, 6) is 0. The van der Waals surface area contributed by atoms with Crippen LogP contribution in [-0.2, 0) is 4.74 Å². The molecule has 0 spiro atoms. The first kappa shape index (κ1) is 28.3. The monoisotopic (exact) mass is 873 g/mol. The standard InChI is InChI=1S/C7H14O4.C2H6.3Ac/c1-3-5(8)7(10)6(9)4(2)11-3;1-2;;;/h3-10H,1-2H3;1-2H3;;;/t3-,4?,5?,6?,7?;;;;/m0..../s1. The van der Waals surface area contributed by atoms with E-state index >= 15 is 0 Å². The molecule has 0 aromatic carbocycles. The summed E-state index contributed by atoms with van der Waals surface area (Å²) in [5.41, 5.74) is 0. The van der Waals surface area contributed by atoms with Gasteiger partial charge in [-0.25, -0.2) is 0 Å². The van der Waals surface area contributed by atoms with Crippen molar-refractivity contribution in [1.29, 1.82) is 0 Å². The molecule has 4 unspecified atom stereocenters. The summed E-state index contributed by atoms with van der Waals surface area (Å²) in [6, 6.07) is 0. The summed E-state index contributed by atoms with van der Waals surface area (Å²) in [4.78, 5) is 0. The van der Waals surface area contributed by atoms with Crippen LogP contribution in [0.15, 0.2) is 0 Å². The first-order valence-corrected chi connectivity index (χ1v) is 4.73. The molecule has 1 fully saturated rings. The van der Waals surface area contributed by atoms with Gasteiger partial charge in [0.25, 0.3) is 0 Å². The predicted octanol–water partition coefficient (Wildman–Crippen LogP) is -0.0975. The molecule has 1 heterocycles. The van der Waals surface area contributed by atoms with Crippen molar-refractivity contribution in [2.45, 2.75) is 58.2 Å². The molecule has 1 rings (SSSR count). The molecule has 7 heteroatoms. The predicted molar refractivity (Wildman–Crippen MR) is 49.4 cm³/mol. The fourth-order valence-electron chi connectivity index (χ4n) is 1.26. The fourth-order valence-corrected chi connectivity index (χ4v) is 1.26. The molecule has 0 amide bonds. The Morgan fingerprint density at radius 1 is 0.688 bits per heavy atom. The third-order valence-corrected chi connectivity index (χ3v) is 2.09. The van der Waals surface area contributed by atoms with Crippen molar-refractivity contribution in [1.82, 2.24) is 0 Å². The van der Waals surface area contributed by atoms with Crippen LogP contribution >= 0.6 is 0 Å². The van der Waals surface area contributed by atoms with Gasteiger partial charge in [-0.3, -0.25) is 0 Å². The molecule has 1 aliphatic heterocycles. The quantitative estimate of drug-likeness (QED) is 0.319. The van der Waals surface area contributed by atoms with Crippen molar-refractivity contribution in [2.75, 3.05) is 0 Å². The molecular formula is C9H20Ac3O4. The van der Waals surface area contributed by atoms with Crippen molar-refractivity contribution in [3.05, 3.63) is 0 Å². The van der Waals surface area contributed by atoms with Crippen molar-refractivity contribution in [3.8, 4) is 0 Å². The van der Waals surface area contributed by atoms with E-state index in [1.807, 2.05) is 13.8 Å². The van der Waals surface area contributed by atoms with Gasteiger partial charge < -0.3 is 20.1 Å². The summed E-state index contributed by atoms with van der Waals surface area (Å²) in [6.07, 6.45) is -3.89. The zero-order valence-corrected chi connectivity index (χ0v) is 24.6. The third-order valence-electron chi connectivity index (χ3n) is 2.09. The Hall–Kier alpha value is 4.16. The van der Waals surface area contributed by atoms with Crippen molar-refractivity contribution in [2.24, 2.45) is 0 Å². The molecule has 5 atom stereocenters. The molecule has 3 N–H and O–H groups in total. The van der Waals surface area contributed by atoms with Gasteiger partial charge in [-0.05, 0) is 13.8 Å². The maximum absolute atomic E-state index is 9.21. The fraction of sp³-hybridized carbons (Fsp3) is 1.00. The van der Waals surface area contributed by atoms with Crippen molar-refractivity contribution < 1.29 is 152 Å². The molecule has 16 heavy (non-hydrogen) atoms. The van der Waals surface area contributed by atoms with Gasteiger partial charge in [0.1, 0.15) is 18.3 Å². The third kappa shape index (κ3) is 9.17. The molecule has 4 nitrogen and oxygen atoms in total. The smallest absolute Gasteiger partial charge is 0.111 e. The van der Waals surface area contributed by atoms with E-state index in [2.05, 4.69) is 0 Å². The summed E-state index contributed by atoms with van der Waals surface area (Å²) < 4.78 is 5.12. The first-order valence-electron chi connectivity index (χ1n) is 4.73. The minimum absolute atomic E-state index is 0. The number of hydrogen-bond acceptors (Lipinski definition) is 4. The van der Waals surface area contributed by atoms with E-state index in [0.29, 0.717) is 0 Å². The van der Waals surface area contributed by atoms with Gasteiger partial charge in [0.2, 0.25) is 0 Å². The maximum atomic E-state index is 9.21. The van der Waals surface area contributed by atoms with Crippen LogP contribution in [0.2, 0.25) is 0 Å². The summed E-state index contributed by atoms with van der Waals surface area (Å²) >= 11 is 0. The Labute approximate surface area is 205 Å². The van der Waals surface area contributed by atoms with Gasteiger partial charge in [-0.15, -0.1) is 0 Å². The number of hydrogen-bond donors (Lipinski definition) is 3. The topological polar surface area (TPSA) is 69.9 Å². The minimum Gasteiger partial charge on any atom is -0.388 e. The Bertz CT molecular complexity index is 137.